The molecule has 2 heterocycles. The van der Waals surface area contributed by atoms with Gasteiger partial charge >= 0.3 is 0 Å². The summed E-state index contributed by atoms with van der Waals surface area (Å²) in [7, 11) is 0. The highest BCUT2D eigenvalue weighted by molar-refractivity contribution is 5.97. The van der Waals surface area contributed by atoms with Crippen molar-refractivity contribution >= 4 is 11.8 Å². The highest BCUT2D eigenvalue weighted by Gasteiger charge is 2.27. The smallest absolute Gasteiger partial charge is 0.253 e. The molecule has 0 bridgehead atoms. The fraction of sp³-hybridized carbons (Fsp3) is 0.381. The van der Waals surface area contributed by atoms with Crippen LogP contribution in [-0.4, -0.2) is 40.8 Å². The van der Waals surface area contributed by atoms with Crippen molar-refractivity contribution in [3.63, 3.8) is 0 Å². The van der Waals surface area contributed by atoms with Gasteiger partial charge in [0, 0.05) is 25.5 Å². The van der Waals surface area contributed by atoms with E-state index in [9.17, 15) is 9.59 Å². The van der Waals surface area contributed by atoms with Gasteiger partial charge in [-0.05, 0) is 49.8 Å². The van der Waals surface area contributed by atoms with Crippen LogP contribution in [0.1, 0.15) is 35.7 Å². The van der Waals surface area contributed by atoms with Crippen LogP contribution in [0.3, 0.4) is 0 Å². The van der Waals surface area contributed by atoms with Crippen LogP contribution >= 0.6 is 0 Å². The van der Waals surface area contributed by atoms with E-state index in [4.69, 9.17) is 0 Å². The van der Waals surface area contributed by atoms with Crippen LogP contribution in [0.25, 0.3) is 0 Å². The number of carbonyl (C=O) groups is 2. The van der Waals surface area contributed by atoms with Crippen LogP contribution in [0, 0.1) is 5.92 Å². The van der Waals surface area contributed by atoms with Gasteiger partial charge < -0.3 is 10.2 Å². The van der Waals surface area contributed by atoms with Gasteiger partial charge in [0.1, 0.15) is 6.04 Å². The SMILES string of the molecule is C[C@H](NC(=O)c1cccnc1)C(=O)N1CCC(Cc2ccccc2)CC1. The molecule has 3 rings (SSSR count). The number of benzene rings is 1. The summed E-state index contributed by atoms with van der Waals surface area (Å²) in [4.78, 5) is 30.6. The average Bonchev–Trinajstić information content (AvgIpc) is 2.69. The Morgan fingerprint density at radius 2 is 1.88 bits per heavy atom. The Morgan fingerprint density at radius 3 is 2.54 bits per heavy atom. The molecule has 1 N–H and O–H groups in total. The van der Waals surface area contributed by atoms with Crippen molar-refractivity contribution in [2.45, 2.75) is 32.2 Å². The second-order valence-electron chi connectivity index (χ2n) is 6.90. The molecule has 26 heavy (non-hydrogen) atoms. The van der Waals surface area contributed by atoms with Crippen molar-refractivity contribution in [2.75, 3.05) is 13.1 Å². The standard InChI is InChI=1S/C21H25N3O2/c1-16(23-20(25)19-8-5-11-22-15-19)21(26)24-12-9-18(10-13-24)14-17-6-3-2-4-7-17/h2-8,11,15-16,18H,9-10,12-14H2,1H3,(H,23,25)/t16-/m0/s1. The van der Waals surface area contributed by atoms with Crippen molar-refractivity contribution in [3.8, 4) is 0 Å². The Labute approximate surface area is 154 Å². The first-order valence-corrected chi connectivity index (χ1v) is 9.17. The van der Waals surface area contributed by atoms with E-state index in [1.54, 1.807) is 25.3 Å². The maximum atomic E-state index is 12.6. The van der Waals surface area contributed by atoms with E-state index in [1.807, 2.05) is 11.0 Å². The molecule has 1 atom stereocenters. The summed E-state index contributed by atoms with van der Waals surface area (Å²) < 4.78 is 0. The number of piperidine rings is 1. The van der Waals surface area contributed by atoms with Crippen molar-refractivity contribution in [1.29, 1.82) is 0 Å². The van der Waals surface area contributed by atoms with E-state index in [0.717, 1.165) is 32.4 Å². The van der Waals surface area contributed by atoms with Crippen LogP contribution in [0.15, 0.2) is 54.9 Å². The van der Waals surface area contributed by atoms with E-state index < -0.39 is 6.04 Å². The molecule has 1 fully saturated rings. The van der Waals surface area contributed by atoms with E-state index >= 15 is 0 Å². The molecule has 0 radical (unpaired) electrons. The second kappa shape index (κ2) is 8.61. The van der Waals surface area contributed by atoms with Crippen LogP contribution in [0.5, 0.6) is 0 Å². The number of rotatable bonds is 5. The molecule has 1 saturated heterocycles. The highest BCUT2D eigenvalue weighted by atomic mass is 16.2. The number of nitrogens with zero attached hydrogens (tertiary/aromatic N) is 2. The van der Waals surface area contributed by atoms with Crippen molar-refractivity contribution in [1.82, 2.24) is 15.2 Å². The molecule has 1 aromatic heterocycles. The molecule has 136 valence electrons. The lowest BCUT2D eigenvalue weighted by Crippen LogP contribution is -2.49. The summed E-state index contributed by atoms with van der Waals surface area (Å²) in [6.45, 7) is 3.25. The second-order valence-corrected chi connectivity index (χ2v) is 6.90. The van der Waals surface area contributed by atoms with Gasteiger partial charge in [0.15, 0.2) is 0 Å². The Hall–Kier alpha value is -2.69. The van der Waals surface area contributed by atoms with Crippen LogP contribution < -0.4 is 5.32 Å². The fourth-order valence-corrected chi connectivity index (χ4v) is 3.42. The molecule has 5 nitrogen and oxygen atoms in total. The van der Waals surface area contributed by atoms with Gasteiger partial charge in [-0.3, -0.25) is 14.6 Å². The molecule has 2 aromatic rings. The predicted octanol–water partition coefficient (Wildman–Crippen LogP) is 2.68. The summed E-state index contributed by atoms with van der Waals surface area (Å²) in [5.41, 5.74) is 1.82. The predicted molar refractivity (Wildman–Crippen MR) is 101 cm³/mol. The van der Waals surface area contributed by atoms with E-state index in [0.29, 0.717) is 11.5 Å². The summed E-state index contributed by atoms with van der Waals surface area (Å²) in [5.74, 6) is 0.333. The van der Waals surface area contributed by atoms with Gasteiger partial charge in [-0.1, -0.05) is 30.3 Å². The fourth-order valence-electron chi connectivity index (χ4n) is 3.42. The maximum absolute atomic E-state index is 12.6. The monoisotopic (exact) mass is 351 g/mol. The van der Waals surface area contributed by atoms with Crippen LogP contribution in [0.2, 0.25) is 0 Å². The minimum absolute atomic E-state index is 0.0135. The van der Waals surface area contributed by atoms with Gasteiger partial charge in [-0.25, -0.2) is 0 Å². The first-order valence-electron chi connectivity index (χ1n) is 9.17. The summed E-state index contributed by atoms with van der Waals surface area (Å²) >= 11 is 0. The normalized spacial score (nSPS) is 16.1. The highest BCUT2D eigenvalue weighted by Crippen LogP contribution is 2.22. The summed E-state index contributed by atoms with van der Waals surface area (Å²) in [6, 6.07) is 13.4. The van der Waals surface area contributed by atoms with E-state index in [-0.39, 0.29) is 11.8 Å². The van der Waals surface area contributed by atoms with Crippen LogP contribution in [0.4, 0.5) is 0 Å². The number of hydrogen-bond donors (Lipinski definition) is 1. The van der Waals surface area contributed by atoms with Crippen LogP contribution in [-0.2, 0) is 11.2 Å². The van der Waals surface area contributed by atoms with Crippen molar-refractivity contribution in [2.24, 2.45) is 5.92 Å². The number of carbonyl (C=O) groups excluding carboxylic acids is 2. The number of aromatic nitrogens is 1. The topological polar surface area (TPSA) is 62.3 Å². The Morgan fingerprint density at radius 1 is 1.15 bits per heavy atom. The number of hydrogen-bond acceptors (Lipinski definition) is 3. The molecule has 1 aliphatic rings. The molecule has 0 aliphatic carbocycles. The summed E-state index contributed by atoms with van der Waals surface area (Å²) in [6.07, 6.45) is 6.19. The Balaban J connectivity index is 1.47. The van der Waals surface area contributed by atoms with Crippen molar-refractivity contribution in [3.05, 3.63) is 66.0 Å². The number of pyridine rings is 1. The Bertz CT molecular complexity index is 725. The third-order valence-corrected chi connectivity index (χ3v) is 4.94. The Kier molecular flexibility index (Phi) is 6.00. The van der Waals surface area contributed by atoms with Gasteiger partial charge in [0.05, 0.1) is 5.56 Å². The first-order chi connectivity index (χ1) is 12.6. The van der Waals surface area contributed by atoms with Crippen molar-refractivity contribution < 1.29 is 9.59 Å². The van der Waals surface area contributed by atoms with E-state index in [1.165, 1.54) is 11.8 Å². The molecule has 2 amide bonds. The molecular weight excluding hydrogens is 326 g/mol. The zero-order valence-corrected chi connectivity index (χ0v) is 15.1. The van der Waals surface area contributed by atoms with Gasteiger partial charge in [0.25, 0.3) is 5.91 Å². The average molecular weight is 351 g/mol. The maximum Gasteiger partial charge on any atom is 0.253 e. The molecule has 0 spiro atoms. The molecular formula is C21H25N3O2. The molecule has 0 unspecified atom stereocenters. The zero-order chi connectivity index (χ0) is 18.4. The zero-order valence-electron chi connectivity index (χ0n) is 15.1. The largest absolute Gasteiger partial charge is 0.341 e. The molecule has 1 aromatic carbocycles. The summed E-state index contributed by atoms with van der Waals surface area (Å²) in [5, 5.41) is 2.77. The lowest BCUT2D eigenvalue weighted by atomic mass is 9.90. The third-order valence-electron chi connectivity index (χ3n) is 4.94. The molecule has 1 aliphatic heterocycles. The minimum atomic E-state index is -0.534. The first kappa shape index (κ1) is 18.1. The van der Waals surface area contributed by atoms with Gasteiger partial charge in [-0.2, -0.15) is 0 Å². The molecule has 5 heteroatoms. The number of amides is 2. The lowest BCUT2D eigenvalue weighted by molar-refractivity contribution is -0.134. The molecule has 0 saturated carbocycles. The quantitative estimate of drug-likeness (QED) is 0.901. The number of nitrogens with one attached hydrogen (secondary N) is 1. The lowest BCUT2D eigenvalue weighted by Gasteiger charge is -2.33. The van der Waals surface area contributed by atoms with Gasteiger partial charge in [-0.15, -0.1) is 0 Å². The minimum Gasteiger partial charge on any atom is -0.341 e. The third kappa shape index (κ3) is 4.69. The van der Waals surface area contributed by atoms with Gasteiger partial charge in [0.2, 0.25) is 5.91 Å². The number of likely N-dealkylation sites (tertiary alicyclic amines) is 1. The van der Waals surface area contributed by atoms with E-state index in [2.05, 4.69) is 34.6 Å².